The summed E-state index contributed by atoms with van der Waals surface area (Å²) >= 11 is 0. The number of ether oxygens (including phenoxy) is 1. The summed E-state index contributed by atoms with van der Waals surface area (Å²) in [6.45, 7) is 5.96. The number of amides is 1. The summed E-state index contributed by atoms with van der Waals surface area (Å²) in [5.74, 6) is -0.805. The van der Waals surface area contributed by atoms with Gasteiger partial charge in [-0.1, -0.05) is 0 Å². The van der Waals surface area contributed by atoms with E-state index in [1.807, 2.05) is 20.8 Å². The van der Waals surface area contributed by atoms with Crippen molar-refractivity contribution in [2.24, 2.45) is 0 Å². The van der Waals surface area contributed by atoms with Crippen LogP contribution in [0.15, 0.2) is 0 Å². The molecule has 19 heavy (non-hydrogen) atoms. The normalized spacial score (nSPS) is 25.5. The standard InChI is InChI=1S/C13H24N2O4/c1-13(2,3)19-12(18)14-9-6-5-7-10(11(16)17)15(4)8-9/h9-10H,5-8H2,1-4H3,(H,14,18)(H,16,17). The zero-order chi connectivity index (χ0) is 14.6. The van der Waals surface area contributed by atoms with Gasteiger partial charge in [0.2, 0.25) is 0 Å². The maximum Gasteiger partial charge on any atom is 0.407 e. The number of nitrogens with zero attached hydrogens (tertiary/aromatic N) is 1. The summed E-state index contributed by atoms with van der Waals surface area (Å²) in [7, 11) is 1.77. The smallest absolute Gasteiger partial charge is 0.407 e. The highest BCUT2D eigenvalue weighted by Gasteiger charge is 2.29. The molecule has 6 heteroatoms. The predicted molar refractivity (Wildman–Crippen MR) is 71.1 cm³/mol. The molecule has 1 aliphatic heterocycles. The number of likely N-dealkylation sites (N-methyl/N-ethyl adjacent to an activating group) is 1. The molecular formula is C13H24N2O4. The Morgan fingerprint density at radius 1 is 1.32 bits per heavy atom. The van der Waals surface area contributed by atoms with Gasteiger partial charge < -0.3 is 15.2 Å². The number of nitrogens with one attached hydrogen (secondary N) is 1. The van der Waals surface area contributed by atoms with Crippen LogP contribution in [0.25, 0.3) is 0 Å². The molecular weight excluding hydrogens is 248 g/mol. The van der Waals surface area contributed by atoms with Crippen LogP contribution in [0.5, 0.6) is 0 Å². The summed E-state index contributed by atoms with van der Waals surface area (Å²) in [5.41, 5.74) is -0.523. The lowest BCUT2D eigenvalue weighted by Crippen LogP contribution is -2.46. The van der Waals surface area contributed by atoms with E-state index in [0.29, 0.717) is 13.0 Å². The highest BCUT2D eigenvalue weighted by atomic mass is 16.6. The van der Waals surface area contributed by atoms with Crippen LogP contribution < -0.4 is 5.32 Å². The molecule has 0 aromatic carbocycles. The second-order valence-corrected chi connectivity index (χ2v) is 6.07. The number of carboxylic acids is 1. The molecule has 2 atom stereocenters. The van der Waals surface area contributed by atoms with Crippen molar-refractivity contribution in [1.29, 1.82) is 0 Å². The topological polar surface area (TPSA) is 78.9 Å². The summed E-state index contributed by atoms with van der Waals surface area (Å²) in [4.78, 5) is 24.5. The first-order valence-electron chi connectivity index (χ1n) is 6.61. The lowest BCUT2D eigenvalue weighted by atomic mass is 10.1. The number of hydrogen-bond acceptors (Lipinski definition) is 4. The summed E-state index contributed by atoms with van der Waals surface area (Å²) < 4.78 is 5.21. The SMILES string of the molecule is CN1CC(NC(=O)OC(C)(C)C)CCCC1C(=O)O. The third-order valence-corrected chi connectivity index (χ3v) is 3.08. The lowest BCUT2D eigenvalue weighted by Gasteiger charge is -2.26. The van der Waals surface area contributed by atoms with E-state index < -0.39 is 23.7 Å². The van der Waals surface area contributed by atoms with Gasteiger partial charge in [-0.15, -0.1) is 0 Å². The van der Waals surface area contributed by atoms with Crippen molar-refractivity contribution in [3.8, 4) is 0 Å². The predicted octanol–water partition coefficient (Wildman–Crippen LogP) is 1.45. The molecule has 1 heterocycles. The van der Waals surface area contributed by atoms with Crippen molar-refractivity contribution in [3.05, 3.63) is 0 Å². The molecule has 0 spiro atoms. The quantitative estimate of drug-likeness (QED) is 0.795. The number of hydrogen-bond donors (Lipinski definition) is 2. The molecule has 6 nitrogen and oxygen atoms in total. The number of aliphatic carboxylic acids is 1. The number of carbonyl (C=O) groups is 2. The van der Waals surface area contributed by atoms with Crippen molar-refractivity contribution >= 4 is 12.1 Å². The van der Waals surface area contributed by atoms with Gasteiger partial charge in [0.05, 0.1) is 0 Å². The minimum absolute atomic E-state index is 0.0656. The van der Waals surface area contributed by atoms with Crippen molar-refractivity contribution < 1.29 is 19.4 Å². The Balaban J connectivity index is 2.52. The van der Waals surface area contributed by atoms with Crippen molar-refractivity contribution in [3.63, 3.8) is 0 Å². The largest absolute Gasteiger partial charge is 0.480 e. The van der Waals surface area contributed by atoms with Crippen LogP contribution in [-0.4, -0.2) is 53.3 Å². The van der Waals surface area contributed by atoms with Crippen molar-refractivity contribution in [1.82, 2.24) is 10.2 Å². The lowest BCUT2D eigenvalue weighted by molar-refractivity contribution is -0.142. The zero-order valence-electron chi connectivity index (χ0n) is 12.1. The van der Waals surface area contributed by atoms with Crippen molar-refractivity contribution in [2.75, 3.05) is 13.6 Å². The first-order chi connectivity index (χ1) is 8.69. The second kappa shape index (κ2) is 6.23. The molecule has 0 aromatic heterocycles. The third-order valence-electron chi connectivity index (χ3n) is 3.08. The molecule has 0 bridgehead atoms. The maximum atomic E-state index is 11.7. The second-order valence-electron chi connectivity index (χ2n) is 6.07. The van der Waals surface area contributed by atoms with Gasteiger partial charge in [0.15, 0.2) is 0 Å². The molecule has 110 valence electrons. The van der Waals surface area contributed by atoms with E-state index in [0.717, 1.165) is 12.8 Å². The van der Waals surface area contributed by atoms with Gasteiger partial charge in [-0.05, 0) is 47.1 Å². The average molecular weight is 272 g/mol. The van der Waals surface area contributed by atoms with Gasteiger partial charge in [0, 0.05) is 12.6 Å². The minimum atomic E-state index is -0.805. The van der Waals surface area contributed by atoms with Gasteiger partial charge in [0.25, 0.3) is 0 Å². The number of likely N-dealkylation sites (tertiary alicyclic amines) is 1. The zero-order valence-corrected chi connectivity index (χ0v) is 12.1. The fraction of sp³-hybridized carbons (Fsp3) is 0.846. The number of alkyl carbamates (subject to hydrolysis) is 1. The molecule has 0 saturated carbocycles. The molecule has 0 aromatic rings. The van der Waals surface area contributed by atoms with Gasteiger partial charge in [-0.3, -0.25) is 9.69 Å². The Bertz CT molecular complexity index is 338. The molecule has 1 fully saturated rings. The van der Waals surface area contributed by atoms with Gasteiger partial charge in [-0.25, -0.2) is 4.79 Å². The third kappa shape index (κ3) is 5.46. The fourth-order valence-corrected chi connectivity index (χ4v) is 2.25. The first kappa shape index (κ1) is 15.8. The van der Waals surface area contributed by atoms with Crippen LogP contribution in [0.4, 0.5) is 4.79 Å². The van der Waals surface area contributed by atoms with Crippen molar-refractivity contribution in [2.45, 2.75) is 57.7 Å². The van der Waals surface area contributed by atoms with E-state index in [2.05, 4.69) is 5.32 Å². The van der Waals surface area contributed by atoms with E-state index in [1.165, 1.54) is 0 Å². The van der Waals surface area contributed by atoms with Crippen LogP contribution in [0.1, 0.15) is 40.0 Å². The summed E-state index contributed by atoms with van der Waals surface area (Å²) in [6.07, 6.45) is 1.72. The van der Waals surface area contributed by atoms with Crippen LogP contribution in [0.2, 0.25) is 0 Å². The molecule has 1 rings (SSSR count). The van der Waals surface area contributed by atoms with Gasteiger partial charge in [0.1, 0.15) is 11.6 Å². The highest BCUT2D eigenvalue weighted by Crippen LogP contribution is 2.16. The number of rotatable bonds is 2. The summed E-state index contributed by atoms with van der Waals surface area (Å²) in [5, 5.41) is 11.9. The Kier molecular flexibility index (Phi) is 5.17. The molecule has 1 saturated heterocycles. The maximum absolute atomic E-state index is 11.7. The average Bonchev–Trinajstić information content (AvgIpc) is 2.36. The van der Waals surface area contributed by atoms with Crippen LogP contribution >= 0.6 is 0 Å². The fourth-order valence-electron chi connectivity index (χ4n) is 2.25. The highest BCUT2D eigenvalue weighted by molar-refractivity contribution is 5.73. The molecule has 1 amide bonds. The van der Waals surface area contributed by atoms with E-state index in [1.54, 1.807) is 11.9 Å². The monoisotopic (exact) mass is 272 g/mol. The van der Waals surface area contributed by atoms with Crippen LogP contribution in [-0.2, 0) is 9.53 Å². The minimum Gasteiger partial charge on any atom is -0.480 e. The van der Waals surface area contributed by atoms with E-state index in [-0.39, 0.29) is 6.04 Å². The van der Waals surface area contributed by atoms with E-state index in [4.69, 9.17) is 9.84 Å². The van der Waals surface area contributed by atoms with Gasteiger partial charge >= 0.3 is 12.1 Å². The van der Waals surface area contributed by atoms with E-state index in [9.17, 15) is 9.59 Å². The molecule has 0 aliphatic carbocycles. The van der Waals surface area contributed by atoms with Crippen LogP contribution in [0, 0.1) is 0 Å². The van der Waals surface area contributed by atoms with Crippen LogP contribution in [0.3, 0.4) is 0 Å². The first-order valence-corrected chi connectivity index (χ1v) is 6.61. The Morgan fingerprint density at radius 2 is 1.95 bits per heavy atom. The molecule has 2 N–H and O–H groups in total. The Morgan fingerprint density at radius 3 is 2.47 bits per heavy atom. The van der Waals surface area contributed by atoms with E-state index >= 15 is 0 Å². The number of carboxylic acid groups (broad SMARTS) is 1. The molecule has 2 unspecified atom stereocenters. The number of carbonyl (C=O) groups excluding carboxylic acids is 1. The Labute approximate surface area is 114 Å². The Hall–Kier alpha value is -1.30. The molecule has 0 radical (unpaired) electrons. The molecule has 1 aliphatic rings. The van der Waals surface area contributed by atoms with Gasteiger partial charge in [-0.2, -0.15) is 0 Å². The summed E-state index contributed by atoms with van der Waals surface area (Å²) in [6, 6.07) is -0.533.